The zero-order valence-electron chi connectivity index (χ0n) is 20.7. The molecule has 2 aromatic heterocycles. The van der Waals surface area contributed by atoms with Crippen LogP contribution in [-0.4, -0.2) is 39.8 Å². The van der Waals surface area contributed by atoms with E-state index in [1.165, 1.54) is 37.0 Å². The average molecular weight is 491 g/mol. The molecule has 3 saturated carbocycles. The minimum Gasteiger partial charge on any atom is -0.338 e. The molecule has 4 aliphatic rings. The average Bonchev–Trinajstić information content (AvgIpc) is 3.45. The molecule has 3 aliphatic carbocycles. The third-order valence-electron chi connectivity index (χ3n) is 10.1. The van der Waals surface area contributed by atoms with E-state index in [-0.39, 0.29) is 22.6 Å². The summed E-state index contributed by atoms with van der Waals surface area (Å²) in [5.41, 5.74) is 1.86. The van der Waals surface area contributed by atoms with Crippen LogP contribution in [-0.2, 0) is 4.79 Å². The van der Waals surface area contributed by atoms with Gasteiger partial charge in [-0.25, -0.2) is 4.98 Å². The van der Waals surface area contributed by atoms with Crippen LogP contribution in [0.1, 0.15) is 74.5 Å². The van der Waals surface area contributed by atoms with E-state index in [0.29, 0.717) is 40.5 Å². The number of aromatic nitrogens is 2. The normalized spacial score (nSPS) is 38.0. The highest BCUT2D eigenvalue weighted by Crippen LogP contribution is 2.67. The van der Waals surface area contributed by atoms with Crippen LogP contribution in [0.5, 0.6) is 0 Å². The number of fused-ring (bicyclic) bond motifs is 5. The fraction of sp³-hybridized carbons (Fsp3) is 0.571. The molecule has 6 rings (SSSR count). The number of pyridine rings is 1. The smallest absolute Gasteiger partial charge is 0.276 e. The van der Waals surface area contributed by atoms with Crippen molar-refractivity contribution < 1.29 is 9.59 Å². The van der Waals surface area contributed by atoms with E-state index in [0.717, 1.165) is 18.5 Å². The molecule has 6 nitrogen and oxygen atoms in total. The standard InChI is InChI=1S/C28H34N4O2S/c1-27-13-11-19-17(7-10-23-28(19,2)14-12-24(33)32(23)3)18(27)8-9-20(27)22-16-35-26(30-22)31-25(34)21-6-4-5-15-29-21/h4-6,12,14-20,23H,7-11,13H2,1-3H3,(H,30,31,34)/t17-,18-,19-,20+,23+,27-,28+/m0/s1. The maximum absolute atomic E-state index is 12.5. The summed E-state index contributed by atoms with van der Waals surface area (Å²) in [6.07, 6.45) is 12.8. The van der Waals surface area contributed by atoms with Gasteiger partial charge in [0.2, 0.25) is 5.91 Å². The van der Waals surface area contributed by atoms with Gasteiger partial charge in [0.25, 0.3) is 5.91 Å². The van der Waals surface area contributed by atoms with Crippen molar-refractivity contribution in [1.82, 2.24) is 14.9 Å². The fourth-order valence-electron chi connectivity index (χ4n) is 8.39. The number of nitrogens with zero attached hydrogens (tertiary/aromatic N) is 3. The summed E-state index contributed by atoms with van der Waals surface area (Å²) in [5, 5.41) is 5.75. The summed E-state index contributed by atoms with van der Waals surface area (Å²) in [4.78, 5) is 35.9. The van der Waals surface area contributed by atoms with Gasteiger partial charge in [-0.2, -0.15) is 0 Å². The molecular formula is C28H34N4O2S. The molecule has 0 saturated heterocycles. The van der Waals surface area contributed by atoms with Crippen molar-refractivity contribution in [3.63, 3.8) is 0 Å². The van der Waals surface area contributed by atoms with Gasteiger partial charge in [-0.3, -0.25) is 19.9 Å². The van der Waals surface area contributed by atoms with E-state index in [2.05, 4.69) is 35.6 Å². The number of carbonyl (C=O) groups excluding carboxylic acids is 2. The Morgan fingerprint density at radius 1 is 1.14 bits per heavy atom. The van der Waals surface area contributed by atoms with Gasteiger partial charge in [0.15, 0.2) is 5.13 Å². The van der Waals surface area contributed by atoms with Gasteiger partial charge < -0.3 is 4.90 Å². The lowest BCUT2D eigenvalue weighted by atomic mass is 9.47. The van der Waals surface area contributed by atoms with Crippen LogP contribution in [0.2, 0.25) is 0 Å². The molecule has 3 heterocycles. The van der Waals surface area contributed by atoms with Gasteiger partial charge in [-0.1, -0.05) is 26.0 Å². The van der Waals surface area contributed by atoms with Gasteiger partial charge in [-0.05, 0) is 79.9 Å². The van der Waals surface area contributed by atoms with Crippen molar-refractivity contribution in [2.75, 3.05) is 12.4 Å². The molecule has 0 unspecified atom stereocenters. The first kappa shape index (κ1) is 22.9. The largest absolute Gasteiger partial charge is 0.338 e. The third kappa shape index (κ3) is 3.49. The highest BCUT2D eigenvalue weighted by atomic mass is 32.1. The summed E-state index contributed by atoms with van der Waals surface area (Å²) >= 11 is 1.52. The second-order valence-corrected chi connectivity index (χ2v) is 12.4. The Morgan fingerprint density at radius 2 is 2.00 bits per heavy atom. The van der Waals surface area contributed by atoms with E-state index in [1.807, 2.05) is 24.1 Å². The highest BCUT2D eigenvalue weighted by molar-refractivity contribution is 7.14. The van der Waals surface area contributed by atoms with Gasteiger partial charge in [0.05, 0.1) is 5.69 Å². The lowest BCUT2D eigenvalue weighted by Gasteiger charge is -2.60. The Labute approximate surface area is 211 Å². The van der Waals surface area contributed by atoms with Crippen LogP contribution in [0, 0.1) is 28.6 Å². The molecule has 0 aromatic carbocycles. The summed E-state index contributed by atoms with van der Waals surface area (Å²) in [6.45, 7) is 4.90. The number of carbonyl (C=O) groups is 2. The Kier molecular flexibility index (Phi) is 5.40. The van der Waals surface area contributed by atoms with E-state index in [1.54, 1.807) is 18.3 Å². The van der Waals surface area contributed by atoms with Crippen molar-refractivity contribution in [3.8, 4) is 0 Å². The van der Waals surface area contributed by atoms with Crippen LogP contribution in [0.4, 0.5) is 5.13 Å². The summed E-state index contributed by atoms with van der Waals surface area (Å²) in [6, 6.07) is 5.67. The van der Waals surface area contributed by atoms with E-state index in [9.17, 15) is 9.59 Å². The van der Waals surface area contributed by atoms with Crippen molar-refractivity contribution in [2.45, 2.75) is 64.3 Å². The molecular weight excluding hydrogens is 456 g/mol. The third-order valence-corrected chi connectivity index (χ3v) is 10.9. The number of thiazole rings is 1. The second kappa shape index (κ2) is 8.26. The Balaban J connectivity index is 1.21. The van der Waals surface area contributed by atoms with Crippen LogP contribution in [0.3, 0.4) is 0 Å². The maximum Gasteiger partial charge on any atom is 0.276 e. The van der Waals surface area contributed by atoms with Gasteiger partial charge >= 0.3 is 0 Å². The van der Waals surface area contributed by atoms with Gasteiger partial charge in [-0.15, -0.1) is 11.3 Å². The first-order valence-corrected chi connectivity index (χ1v) is 13.8. The minimum absolute atomic E-state index is 0.0779. The lowest BCUT2D eigenvalue weighted by molar-refractivity contribution is -0.138. The molecule has 1 aliphatic heterocycles. The molecule has 2 aromatic rings. The molecule has 2 amide bonds. The monoisotopic (exact) mass is 490 g/mol. The number of amides is 2. The van der Waals surface area contributed by atoms with E-state index >= 15 is 0 Å². The topological polar surface area (TPSA) is 75.2 Å². The van der Waals surface area contributed by atoms with Crippen LogP contribution >= 0.6 is 11.3 Å². The number of anilines is 1. The Hall–Kier alpha value is -2.54. The SMILES string of the molecule is CN1C(=O)C=C[C@]2(C)[C@H]3CC[C@]4(C)[C@@H](c5csc(NC(=O)c6ccccn6)n5)CC[C@H]4[C@@H]3CC[C@@H]12. The molecule has 3 fully saturated rings. The molecule has 7 atom stereocenters. The zero-order chi connectivity index (χ0) is 24.4. The number of likely N-dealkylation sites (N-methyl/N-ethyl adjacent to an activating group) is 1. The quantitative estimate of drug-likeness (QED) is 0.615. The zero-order valence-corrected chi connectivity index (χ0v) is 21.6. The number of hydrogen-bond acceptors (Lipinski definition) is 5. The van der Waals surface area contributed by atoms with Crippen molar-refractivity contribution in [2.24, 2.45) is 28.6 Å². The molecule has 184 valence electrons. The molecule has 7 heteroatoms. The Morgan fingerprint density at radius 3 is 2.80 bits per heavy atom. The Bertz CT molecular complexity index is 1180. The summed E-state index contributed by atoms with van der Waals surface area (Å²) in [5.74, 6) is 2.40. The lowest BCUT2D eigenvalue weighted by Crippen LogP contribution is -2.59. The van der Waals surface area contributed by atoms with Crippen LogP contribution in [0.15, 0.2) is 41.9 Å². The van der Waals surface area contributed by atoms with Crippen LogP contribution < -0.4 is 5.32 Å². The maximum atomic E-state index is 12.5. The number of hydrogen-bond donors (Lipinski definition) is 1. The van der Waals surface area contributed by atoms with Gasteiger partial charge in [0.1, 0.15) is 5.69 Å². The van der Waals surface area contributed by atoms with E-state index in [4.69, 9.17) is 4.98 Å². The molecule has 0 spiro atoms. The second-order valence-electron chi connectivity index (χ2n) is 11.5. The number of nitrogens with one attached hydrogen (secondary N) is 1. The minimum atomic E-state index is -0.212. The predicted molar refractivity (Wildman–Crippen MR) is 137 cm³/mol. The van der Waals surface area contributed by atoms with Crippen molar-refractivity contribution in [3.05, 3.63) is 53.3 Å². The van der Waals surface area contributed by atoms with Crippen molar-refractivity contribution >= 4 is 28.3 Å². The molecule has 1 N–H and O–H groups in total. The number of rotatable bonds is 3. The molecule has 0 radical (unpaired) electrons. The van der Waals surface area contributed by atoms with E-state index < -0.39 is 0 Å². The van der Waals surface area contributed by atoms with Crippen LogP contribution in [0.25, 0.3) is 0 Å². The molecule has 0 bridgehead atoms. The molecule has 35 heavy (non-hydrogen) atoms. The van der Waals surface area contributed by atoms with Crippen molar-refractivity contribution in [1.29, 1.82) is 0 Å². The predicted octanol–water partition coefficient (Wildman–Crippen LogP) is 5.51. The first-order valence-electron chi connectivity index (χ1n) is 12.9. The summed E-state index contributed by atoms with van der Waals surface area (Å²) < 4.78 is 0. The summed E-state index contributed by atoms with van der Waals surface area (Å²) in [7, 11) is 1.99. The fourth-order valence-corrected chi connectivity index (χ4v) is 9.15. The first-order chi connectivity index (χ1) is 16.8. The highest BCUT2D eigenvalue weighted by Gasteiger charge is 2.60. The van der Waals surface area contributed by atoms with Gasteiger partial charge in [0, 0.05) is 36.0 Å².